The Morgan fingerprint density at radius 3 is 2.75 bits per heavy atom. The highest BCUT2D eigenvalue weighted by molar-refractivity contribution is 5.79. The van der Waals surface area contributed by atoms with Crippen LogP contribution < -0.4 is 21.7 Å². The Morgan fingerprint density at radius 2 is 2.00 bits per heavy atom. The molecule has 0 spiro atoms. The number of hydrogen-bond donors (Lipinski definition) is 3. The molecule has 0 saturated carbocycles. The molecular weight excluding hydrogens is 350 g/mol. The molecule has 2 aromatic rings. The van der Waals surface area contributed by atoms with E-state index in [1.165, 1.54) is 0 Å². The van der Waals surface area contributed by atoms with E-state index >= 15 is 0 Å². The number of likely N-dealkylation sites (N-methyl/N-ethyl adjacent to an activating group) is 1. The van der Waals surface area contributed by atoms with E-state index in [1.807, 2.05) is 24.4 Å². The van der Waals surface area contributed by atoms with Gasteiger partial charge in [-0.1, -0.05) is 13.8 Å². The smallest absolute Gasteiger partial charge is 0.132 e. The van der Waals surface area contributed by atoms with E-state index in [4.69, 9.17) is 16.5 Å². The normalized spacial score (nSPS) is 17.2. The van der Waals surface area contributed by atoms with Crippen molar-refractivity contribution in [3.63, 3.8) is 0 Å². The first-order valence-corrected chi connectivity index (χ1v) is 9.82. The zero-order valence-electron chi connectivity index (χ0n) is 17.0. The third kappa shape index (κ3) is 4.92. The first kappa shape index (κ1) is 19.9. The van der Waals surface area contributed by atoms with Crippen LogP contribution in [0.5, 0.6) is 0 Å². The monoisotopic (exact) mass is 381 g/mol. The van der Waals surface area contributed by atoms with Crippen LogP contribution in [0.1, 0.15) is 20.3 Å². The molecule has 1 saturated heterocycles. The average molecular weight is 382 g/mol. The van der Waals surface area contributed by atoms with E-state index in [0.717, 1.165) is 54.9 Å². The van der Waals surface area contributed by atoms with Gasteiger partial charge in [0.15, 0.2) is 0 Å². The molecular formula is C21H31N7. The molecule has 0 radical (unpaired) electrons. The summed E-state index contributed by atoms with van der Waals surface area (Å²) in [6.45, 7) is 8.37. The standard InChI is InChI=1S/C21H31N7/c1-15(2)16(13-22)11-20(23)26-21-6-5-18-19(25-21)12-17(14-24-18)28-8-4-7-27(3)9-10-28/h5-6,11-15H,4,7-10,22-23H2,1-3H3,(H,25,26)/b16-13+,20-11+. The van der Waals surface area contributed by atoms with E-state index in [-0.39, 0.29) is 0 Å². The number of nitrogens with zero attached hydrogens (tertiary/aromatic N) is 4. The van der Waals surface area contributed by atoms with Gasteiger partial charge in [-0.05, 0) is 62.0 Å². The fourth-order valence-electron chi connectivity index (χ4n) is 3.31. The molecule has 28 heavy (non-hydrogen) atoms. The lowest BCUT2D eigenvalue weighted by Gasteiger charge is -2.22. The number of nitrogens with two attached hydrogens (primary N) is 2. The largest absolute Gasteiger partial charge is 0.404 e. The number of allylic oxidation sites excluding steroid dienone is 2. The van der Waals surface area contributed by atoms with Crippen LogP contribution in [0.25, 0.3) is 11.0 Å². The molecule has 0 amide bonds. The molecule has 3 heterocycles. The molecule has 1 aliphatic heterocycles. The summed E-state index contributed by atoms with van der Waals surface area (Å²) in [5, 5.41) is 3.15. The molecule has 150 valence electrons. The number of rotatable bonds is 5. The van der Waals surface area contributed by atoms with Gasteiger partial charge in [-0.2, -0.15) is 0 Å². The van der Waals surface area contributed by atoms with E-state index in [1.54, 1.807) is 6.20 Å². The van der Waals surface area contributed by atoms with Gasteiger partial charge in [0.05, 0.1) is 22.9 Å². The van der Waals surface area contributed by atoms with Gasteiger partial charge >= 0.3 is 0 Å². The Kier molecular flexibility index (Phi) is 6.36. The van der Waals surface area contributed by atoms with Crippen LogP contribution in [0.15, 0.2) is 48.1 Å². The minimum absolute atomic E-state index is 0.300. The average Bonchev–Trinajstić information content (AvgIpc) is 2.89. The van der Waals surface area contributed by atoms with E-state index < -0.39 is 0 Å². The van der Waals surface area contributed by atoms with Gasteiger partial charge in [-0.3, -0.25) is 4.98 Å². The molecule has 2 aromatic heterocycles. The van der Waals surface area contributed by atoms with Gasteiger partial charge in [0.25, 0.3) is 0 Å². The SMILES string of the molecule is CC(C)C(=C/N)/C=C(\N)Nc1ccc2ncc(N3CCCN(C)CC3)cc2n1. The van der Waals surface area contributed by atoms with Crippen molar-refractivity contribution in [1.82, 2.24) is 14.9 Å². The topological polar surface area (TPSA) is 96.3 Å². The van der Waals surface area contributed by atoms with Crippen LogP contribution in [-0.2, 0) is 0 Å². The summed E-state index contributed by atoms with van der Waals surface area (Å²) in [6.07, 6.45) is 6.52. The molecule has 1 fully saturated rings. The van der Waals surface area contributed by atoms with Gasteiger partial charge < -0.3 is 26.6 Å². The number of pyridine rings is 2. The number of hydrogen-bond acceptors (Lipinski definition) is 7. The van der Waals surface area contributed by atoms with Crippen molar-refractivity contribution < 1.29 is 0 Å². The first-order chi connectivity index (χ1) is 13.5. The van der Waals surface area contributed by atoms with Gasteiger partial charge in [0, 0.05) is 19.6 Å². The lowest BCUT2D eigenvalue weighted by atomic mass is 10.0. The molecule has 0 unspecified atom stereocenters. The molecule has 1 aliphatic rings. The van der Waals surface area contributed by atoms with Gasteiger partial charge in [-0.15, -0.1) is 0 Å². The summed E-state index contributed by atoms with van der Waals surface area (Å²) >= 11 is 0. The maximum absolute atomic E-state index is 6.13. The summed E-state index contributed by atoms with van der Waals surface area (Å²) in [4.78, 5) is 14.0. The van der Waals surface area contributed by atoms with Crippen molar-refractivity contribution in [1.29, 1.82) is 0 Å². The Balaban J connectivity index is 1.81. The van der Waals surface area contributed by atoms with Crippen molar-refractivity contribution in [2.24, 2.45) is 17.4 Å². The Labute approximate surface area is 167 Å². The van der Waals surface area contributed by atoms with Crippen molar-refractivity contribution in [2.75, 3.05) is 43.4 Å². The summed E-state index contributed by atoms with van der Waals surface area (Å²) in [7, 11) is 2.17. The number of aromatic nitrogens is 2. The summed E-state index contributed by atoms with van der Waals surface area (Å²) in [5.74, 6) is 1.50. The second kappa shape index (κ2) is 8.93. The highest BCUT2D eigenvalue weighted by Crippen LogP contribution is 2.22. The van der Waals surface area contributed by atoms with Crippen LogP contribution in [0.3, 0.4) is 0 Å². The Bertz CT molecular complexity index is 872. The fraction of sp³-hybridized carbons (Fsp3) is 0.429. The van der Waals surface area contributed by atoms with Crippen molar-refractivity contribution >= 4 is 22.5 Å². The number of fused-ring (bicyclic) bond motifs is 1. The second-order valence-corrected chi connectivity index (χ2v) is 7.62. The van der Waals surface area contributed by atoms with Crippen LogP contribution in [0.4, 0.5) is 11.5 Å². The van der Waals surface area contributed by atoms with E-state index in [2.05, 4.69) is 47.1 Å². The quantitative estimate of drug-likeness (QED) is 0.685. The zero-order valence-corrected chi connectivity index (χ0v) is 17.0. The maximum Gasteiger partial charge on any atom is 0.132 e. The minimum Gasteiger partial charge on any atom is -0.404 e. The summed E-state index contributed by atoms with van der Waals surface area (Å²) < 4.78 is 0. The molecule has 0 aliphatic carbocycles. The summed E-state index contributed by atoms with van der Waals surface area (Å²) in [6, 6.07) is 5.95. The number of anilines is 2. The van der Waals surface area contributed by atoms with Crippen LogP contribution >= 0.6 is 0 Å². The highest BCUT2D eigenvalue weighted by Gasteiger charge is 2.14. The minimum atomic E-state index is 0.300. The first-order valence-electron chi connectivity index (χ1n) is 9.82. The van der Waals surface area contributed by atoms with Crippen LogP contribution in [0.2, 0.25) is 0 Å². The summed E-state index contributed by atoms with van der Waals surface area (Å²) in [5.41, 5.74) is 15.6. The van der Waals surface area contributed by atoms with E-state index in [9.17, 15) is 0 Å². The molecule has 7 nitrogen and oxygen atoms in total. The second-order valence-electron chi connectivity index (χ2n) is 7.62. The molecule has 0 aromatic carbocycles. The third-order valence-corrected chi connectivity index (χ3v) is 5.06. The van der Waals surface area contributed by atoms with Crippen molar-refractivity contribution in [3.8, 4) is 0 Å². The fourth-order valence-corrected chi connectivity index (χ4v) is 3.31. The van der Waals surface area contributed by atoms with Crippen molar-refractivity contribution in [2.45, 2.75) is 20.3 Å². The van der Waals surface area contributed by atoms with E-state index in [0.29, 0.717) is 17.6 Å². The van der Waals surface area contributed by atoms with Gasteiger partial charge in [0.2, 0.25) is 0 Å². The molecule has 3 rings (SSSR count). The van der Waals surface area contributed by atoms with Crippen LogP contribution in [-0.4, -0.2) is 48.1 Å². The zero-order chi connectivity index (χ0) is 20.1. The predicted molar refractivity (Wildman–Crippen MR) is 117 cm³/mol. The lowest BCUT2D eigenvalue weighted by Crippen LogP contribution is -2.28. The molecule has 0 bridgehead atoms. The molecule has 7 heteroatoms. The Morgan fingerprint density at radius 1 is 1.18 bits per heavy atom. The highest BCUT2D eigenvalue weighted by atomic mass is 15.2. The van der Waals surface area contributed by atoms with Gasteiger partial charge in [-0.25, -0.2) is 4.98 Å². The molecule has 5 N–H and O–H groups in total. The molecule has 0 atom stereocenters. The van der Waals surface area contributed by atoms with Crippen LogP contribution in [0, 0.1) is 5.92 Å². The Hall–Kier alpha value is -2.80. The van der Waals surface area contributed by atoms with Crippen molar-refractivity contribution in [3.05, 3.63) is 48.1 Å². The predicted octanol–water partition coefficient (Wildman–Crippen LogP) is 2.48. The maximum atomic E-state index is 6.13. The lowest BCUT2D eigenvalue weighted by molar-refractivity contribution is 0.360. The number of nitrogens with one attached hydrogen (secondary N) is 1. The third-order valence-electron chi connectivity index (χ3n) is 5.06. The van der Waals surface area contributed by atoms with Gasteiger partial charge in [0.1, 0.15) is 11.6 Å².